The fourth-order valence-electron chi connectivity index (χ4n) is 2.12. The van der Waals surface area contributed by atoms with Crippen molar-refractivity contribution in [3.8, 4) is 0 Å². The van der Waals surface area contributed by atoms with Crippen molar-refractivity contribution in [3.63, 3.8) is 0 Å². The van der Waals surface area contributed by atoms with E-state index < -0.39 is 5.97 Å². The maximum Gasteiger partial charge on any atom is 0.328 e. The van der Waals surface area contributed by atoms with E-state index in [-0.39, 0.29) is 0 Å². The minimum atomic E-state index is -0.952. The van der Waals surface area contributed by atoms with Gasteiger partial charge < -0.3 is 14.9 Å². The summed E-state index contributed by atoms with van der Waals surface area (Å²) in [5.41, 5.74) is 1.84. The van der Waals surface area contributed by atoms with Gasteiger partial charge in [-0.15, -0.1) is 0 Å². The number of anilines is 1. The summed E-state index contributed by atoms with van der Waals surface area (Å²) in [5, 5.41) is 9.44. The Morgan fingerprint density at radius 3 is 2.62 bits per heavy atom. The van der Waals surface area contributed by atoms with E-state index in [1.807, 2.05) is 12.1 Å². The zero-order valence-electron chi connectivity index (χ0n) is 12.8. The maximum absolute atomic E-state index is 10.7. The summed E-state index contributed by atoms with van der Waals surface area (Å²) in [6, 6.07) is 5.52. The molecule has 1 aromatic carbocycles. The number of carboxylic acids is 1. The van der Waals surface area contributed by atoms with Gasteiger partial charge in [-0.25, -0.2) is 4.79 Å². The van der Waals surface area contributed by atoms with Crippen molar-refractivity contribution in [1.29, 1.82) is 0 Å². The van der Waals surface area contributed by atoms with Gasteiger partial charge in [0.15, 0.2) is 0 Å². The summed E-state index contributed by atoms with van der Waals surface area (Å²) in [6.07, 6.45) is 3.80. The number of hydrogen-bond acceptors (Lipinski definition) is 3. The number of carboxylic acid groups (broad SMARTS) is 1. The molecular formula is C16H23ClN2O2. The first-order valence-electron chi connectivity index (χ1n) is 7.04. The zero-order valence-corrected chi connectivity index (χ0v) is 13.6. The summed E-state index contributed by atoms with van der Waals surface area (Å²) in [6.45, 7) is 4.85. The molecule has 0 radical (unpaired) electrons. The second kappa shape index (κ2) is 8.70. The molecule has 0 saturated heterocycles. The lowest BCUT2D eigenvalue weighted by Crippen LogP contribution is -2.27. The number of hydrogen-bond donors (Lipinski definition) is 1. The standard InChI is InChI=1S/C16H23ClN2O2/c1-4-19(11-5-10-18(2)3)15-12-14(17)8-6-13(15)7-9-16(20)21/h6-9,12H,4-5,10-11H2,1-3H3,(H,20,21)/b9-7+. The van der Waals surface area contributed by atoms with E-state index in [0.717, 1.165) is 43.4 Å². The number of benzene rings is 1. The molecule has 0 aliphatic heterocycles. The first-order chi connectivity index (χ1) is 9.93. The van der Waals surface area contributed by atoms with Crippen molar-refractivity contribution < 1.29 is 9.90 Å². The van der Waals surface area contributed by atoms with Gasteiger partial charge in [-0.1, -0.05) is 17.7 Å². The molecule has 1 rings (SSSR count). The van der Waals surface area contributed by atoms with Gasteiger partial charge in [-0.2, -0.15) is 0 Å². The Balaban J connectivity index is 2.95. The monoisotopic (exact) mass is 310 g/mol. The molecule has 0 aliphatic carbocycles. The highest BCUT2D eigenvalue weighted by atomic mass is 35.5. The average molecular weight is 311 g/mol. The Bertz CT molecular complexity index is 501. The van der Waals surface area contributed by atoms with Crippen molar-refractivity contribution in [2.75, 3.05) is 38.6 Å². The molecule has 21 heavy (non-hydrogen) atoms. The van der Waals surface area contributed by atoms with Gasteiger partial charge in [0, 0.05) is 29.9 Å². The zero-order chi connectivity index (χ0) is 15.8. The molecule has 0 saturated carbocycles. The highest BCUT2D eigenvalue weighted by Gasteiger charge is 2.09. The Morgan fingerprint density at radius 1 is 1.33 bits per heavy atom. The molecule has 0 atom stereocenters. The molecule has 1 N–H and O–H groups in total. The molecule has 4 nitrogen and oxygen atoms in total. The van der Waals surface area contributed by atoms with Gasteiger partial charge in [0.1, 0.15) is 0 Å². The quantitative estimate of drug-likeness (QED) is 0.749. The van der Waals surface area contributed by atoms with Crippen LogP contribution in [-0.4, -0.2) is 49.7 Å². The van der Waals surface area contributed by atoms with Crippen LogP contribution in [0.15, 0.2) is 24.3 Å². The third-order valence-corrected chi connectivity index (χ3v) is 3.39. The van der Waals surface area contributed by atoms with E-state index in [2.05, 4.69) is 30.8 Å². The lowest BCUT2D eigenvalue weighted by molar-refractivity contribution is -0.131. The Hall–Kier alpha value is -1.52. The molecule has 0 fully saturated rings. The summed E-state index contributed by atoms with van der Waals surface area (Å²) in [7, 11) is 4.10. The van der Waals surface area contributed by atoms with Crippen molar-refractivity contribution in [2.45, 2.75) is 13.3 Å². The molecule has 0 amide bonds. The van der Waals surface area contributed by atoms with E-state index in [1.54, 1.807) is 12.1 Å². The van der Waals surface area contributed by atoms with Crippen LogP contribution in [0.4, 0.5) is 5.69 Å². The van der Waals surface area contributed by atoms with E-state index in [1.165, 1.54) is 0 Å². The Labute approximate surface area is 131 Å². The predicted molar refractivity (Wildman–Crippen MR) is 89.2 cm³/mol. The topological polar surface area (TPSA) is 43.8 Å². The van der Waals surface area contributed by atoms with Gasteiger partial charge in [-0.3, -0.25) is 0 Å². The lowest BCUT2D eigenvalue weighted by atomic mass is 10.1. The molecule has 0 spiro atoms. The first kappa shape index (κ1) is 17.5. The van der Waals surface area contributed by atoms with Crippen LogP contribution in [0.5, 0.6) is 0 Å². The number of halogens is 1. The van der Waals surface area contributed by atoms with Crippen molar-refractivity contribution in [1.82, 2.24) is 4.90 Å². The highest BCUT2D eigenvalue weighted by molar-refractivity contribution is 6.31. The van der Waals surface area contributed by atoms with Gasteiger partial charge in [0.25, 0.3) is 0 Å². The second-order valence-corrected chi connectivity index (χ2v) is 5.55. The average Bonchev–Trinajstić information content (AvgIpc) is 2.42. The van der Waals surface area contributed by atoms with Crippen LogP contribution in [0.3, 0.4) is 0 Å². The van der Waals surface area contributed by atoms with Gasteiger partial charge >= 0.3 is 5.97 Å². The minimum Gasteiger partial charge on any atom is -0.478 e. The SMILES string of the molecule is CCN(CCCN(C)C)c1cc(Cl)ccc1/C=C/C(=O)O. The van der Waals surface area contributed by atoms with Crippen LogP contribution >= 0.6 is 11.6 Å². The molecule has 0 unspecified atom stereocenters. The van der Waals surface area contributed by atoms with Gasteiger partial charge in [0.05, 0.1) is 0 Å². The second-order valence-electron chi connectivity index (χ2n) is 5.11. The normalized spacial score (nSPS) is 11.3. The number of aliphatic carboxylic acids is 1. The van der Waals surface area contributed by atoms with Crippen LogP contribution in [0.2, 0.25) is 5.02 Å². The molecular weight excluding hydrogens is 288 g/mol. The summed E-state index contributed by atoms with van der Waals surface area (Å²) >= 11 is 6.09. The number of rotatable bonds is 8. The van der Waals surface area contributed by atoms with E-state index in [0.29, 0.717) is 5.02 Å². The van der Waals surface area contributed by atoms with Crippen LogP contribution in [-0.2, 0) is 4.79 Å². The van der Waals surface area contributed by atoms with E-state index in [9.17, 15) is 4.79 Å². The van der Waals surface area contributed by atoms with Crippen molar-refractivity contribution in [3.05, 3.63) is 34.9 Å². The van der Waals surface area contributed by atoms with Crippen LogP contribution in [0.1, 0.15) is 18.9 Å². The van der Waals surface area contributed by atoms with Crippen molar-refractivity contribution in [2.24, 2.45) is 0 Å². The van der Waals surface area contributed by atoms with E-state index >= 15 is 0 Å². The first-order valence-corrected chi connectivity index (χ1v) is 7.42. The van der Waals surface area contributed by atoms with Gasteiger partial charge in [-0.05, 0) is 57.8 Å². The molecule has 0 aliphatic rings. The molecule has 0 heterocycles. The van der Waals surface area contributed by atoms with Crippen LogP contribution < -0.4 is 4.90 Å². The van der Waals surface area contributed by atoms with Crippen molar-refractivity contribution >= 4 is 29.3 Å². The molecule has 116 valence electrons. The predicted octanol–water partition coefficient (Wildman–Crippen LogP) is 3.22. The highest BCUT2D eigenvalue weighted by Crippen LogP contribution is 2.26. The summed E-state index contributed by atoms with van der Waals surface area (Å²) in [5.74, 6) is -0.952. The Kier molecular flexibility index (Phi) is 7.26. The van der Waals surface area contributed by atoms with Crippen LogP contribution in [0, 0.1) is 0 Å². The minimum absolute atomic E-state index is 0.656. The molecule has 0 bridgehead atoms. The number of carbonyl (C=O) groups is 1. The Morgan fingerprint density at radius 2 is 2.05 bits per heavy atom. The largest absolute Gasteiger partial charge is 0.478 e. The third kappa shape index (κ3) is 6.19. The maximum atomic E-state index is 10.7. The fourth-order valence-corrected chi connectivity index (χ4v) is 2.29. The van der Waals surface area contributed by atoms with E-state index in [4.69, 9.17) is 16.7 Å². The third-order valence-electron chi connectivity index (χ3n) is 3.15. The lowest BCUT2D eigenvalue weighted by Gasteiger charge is -2.26. The molecule has 5 heteroatoms. The fraction of sp³-hybridized carbons (Fsp3) is 0.438. The molecule has 1 aromatic rings. The van der Waals surface area contributed by atoms with Gasteiger partial charge in [0.2, 0.25) is 0 Å². The smallest absolute Gasteiger partial charge is 0.328 e. The van der Waals surface area contributed by atoms with Crippen LogP contribution in [0.25, 0.3) is 6.08 Å². The summed E-state index contributed by atoms with van der Waals surface area (Å²) in [4.78, 5) is 15.1. The summed E-state index contributed by atoms with van der Waals surface area (Å²) < 4.78 is 0. The molecule has 0 aromatic heterocycles. The number of nitrogens with zero attached hydrogens (tertiary/aromatic N) is 2.